The number of hydrogen-bond acceptors (Lipinski definition) is 4. The molecule has 1 aliphatic heterocycles. The van der Waals surface area contributed by atoms with Crippen molar-refractivity contribution < 1.29 is 22.8 Å². The van der Waals surface area contributed by atoms with Gasteiger partial charge in [-0.2, -0.15) is 13.2 Å². The van der Waals surface area contributed by atoms with Crippen molar-refractivity contribution in [1.82, 2.24) is 9.88 Å². The Balaban J connectivity index is 1.21. The van der Waals surface area contributed by atoms with E-state index in [9.17, 15) is 22.8 Å². The van der Waals surface area contributed by atoms with Crippen molar-refractivity contribution >= 4 is 49.3 Å². The van der Waals surface area contributed by atoms with Gasteiger partial charge in [0, 0.05) is 30.0 Å². The Morgan fingerprint density at radius 3 is 2.38 bits per heavy atom. The summed E-state index contributed by atoms with van der Waals surface area (Å²) in [4.78, 5) is 31.7. The second-order valence-corrected chi connectivity index (χ2v) is 9.31. The number of halogens is 3. The minimum atomic E-state index is -4.44. The fraction of sp³-hybridized carbons (Fsp3) is 0.240. The van der Waals surface area contributed by atoms with Crippen molar-refractivity contribution in [3.63, 3.8) is 0 Å². The molecule has 5 rings (SSSR count). The Morgan fingerprint density at radius 2 is 1.68 bits per heavy atom. The molecule has 9 heteroatoms. The third-order valence-electron chi connectivity index (χ3n) is 6.13. The first-order valence-electron chi connectivity index (χ1n) is 10.9. The topological polar surface area (TPSA) is 62.3 Å². The Hall–Kier alpha value is -3.46. The number of nitrogens with one attached hydrogen (secondary N) is 1. The van der Waals surface area contributed by atoms with Crippen LogP contribution in [0, 0.1) is 5.92 Å². The summed E-state index contributed by atoms with van der Waals surface area (Å²) < 4.78 is 39.2. The molecule has 0 aliphatic carbocycles. The average Bonchev–Trinajstić information content (AvgIpc) is 3.26. The van der Waals surface area contributed by atoms with Crippen LogP contribution in [0.2, 0.25) is 0 Å². The van der Waals surface area contributed by atoms with E-state index in [1.165, 1.54) is 23.5 Å². The van der Waals surface area contributed by atoms with Crippen molar-refractivity contribution in [1.29, 1.82) is 0 Å². The maximum absolute atomic E-state index is 12.8. The van der Waals surface area contributed by atoms with Crippen molar-refractivity contribution in [3.05, 3.63) is 71.8 Å². The molecule has 1 aromatic heterocycles. The van der Waals surface area contributed by atoms with Gasteiger partial charge in [-0.25, -0.2) is 4.98 Å². The number of nitrogens with zero attached hydrogens (tertiary/aromatic N) is 2. The number of alkyl halides is 3. The second-order valence-electron chi connectivity index (χ2n) is 8.28. The minimum absolute atomic E-state index is 0.134. The summed E-state index contributed by atoms with van der Waals surface area (Å²) in [5.41, 5.74) is 0.273. The lowest BCUT2D eigenvalue weighted by atomic mass is 9.95. The third-order valence-corrected chi connectivity index (χ3v) is 7.06. The number of thiazole rings is 1. The van der Waals surface area contributed by atoms with Gasteiger partial charge in [-0.15, -0.1) is 0 Å². The fourth-order valence-electron chi connectivity index (χ4n) is 4.25. The van der Waals surface area contributed by atoms with E-state index in [0.29, 0.717) is 31.1 Å². The molecule has 2 amide bonds. The number of hydrogen-bond donors (Lipinski definition) is 1. The van der Waals surface area contributed by atoms with Crippen LogP contribution in [0.3, 0.4) is 0 Å². The van der Waals surface area contributed by atoms with Crippen LogP contribution in [-0.4, -0.2) is 34.8 Å². The van der Waals surface area contributed by atoms with Gasteiger partial charge in [-0.1, -0.05) is 41.7 Å². The van der Waals surface area contributed by atoms with E-state index in [0.717, 1.165) is 33.1 Å². The molecule has 3 aromatic carbocycles. The van der Waals surface area contributed by atoms with E-state index in [1.807, 2.05) is 36.4 Å². The van der Waals surface area contributed by atoms with Gasteiger partial charge in [-0.3, -0.25) is 9.59 Å². The number of amides is 2. The highest BCUT2D eigenvalue weighted by Crippen LogP contribution is 2.33. The van der Waals surface area contributed by atoms with Gasteiger partial charge in [-0.05, 0) is 48.6 Å². The zero-order chi connectivity index (χ0) is 23.9. The van der Waals surface area contributed by atoms with E-state index < -0.39 is 11.7 Å². The predicted molar refractivity (Wildman–Crippen MR) is 126 cm³/mol. The molecular weight excluding hydrogens is 463 g/mol. The molecule has 0 bridgehead atoms. The zero-order valence-corrected chi connectivity index (χ0v) is 18.7. The molecule has 1 N–H and O–H groups in total. The van der Waals surface area contributed by atoms with Crippen LogP contribution in [0.15, 0.2) is 60.7 Å². The summed E-state index contributed by atoms with van der Waals surface area (Å²) in [5.74, 6) is -0.726. The Morgan fingerprint density at radius 1 is 0.971 bits per heavy atom. The molecular formula is C25H20F3N3O2S. The van der Waals surface area contributed by atoms with Gasteiger partial charge in [0.25, 0.3) is 5.91 Å². The summed E-state index contributed by atoms with van der Waals surface area (Å²) >= 11 is 1.42. The van der Waals surface area contributed by atoms with Crippen LogP contribution < -0.4 is 5.32 Å². The highest BCUT2D eigenvalue weighted by molar-refractivity contribution is 7.22. The molecule has 1 saturated heterocycles. The van der Waals surface area contributed by atoms with Gasteiger partial charge in [0.1, 0.15) is 0 Å². The van der Waals surface area contributed by atoms with Gasteiger partial charge < -0.3 is 10.2 Å². The number of rotatable bonds is 3. The molecule has 0 unspecified atom stereocenters. The number of aromatic nitrogens is 1. The smallest absolute Gasteiger partial charge is 0.339 e. The molecule has 1 aliphatic rings. The standard InChI is InChI=1S/C25H20F3N3O2S/c26-25(27,28)18-8-5-17(6-9-18)23(33)31-13-11-16(12-14-31)22(32)30-24-29-21-19-4-2-1-3-15(19)7-10-20(21)34-24/h1-10,16H,11-14H2,(H,29,30,32). The van der Waals surface area contributed by atoms with Gasteiger partial charge >= 0.3 is 6.18 Å². The van der Waals surface area contributed by atoms with Crippen LogP contribution in [0.25, 0.3) is 21.0 Å². The van der Waals surface area contributed by atoms with E-state index in [-0.39, 0.29) is 23.3 Å². The number of benzene rings is 3. The van der Waals surface area contributed by atoms with Crippen molar-refractivity contribution in [2.24, 2.45) is 5.92 Å². The molecule has 174 valence electrons. The van der Waals surface area contributed by atoms with Gasteiger partial charge in [0.2, 0.25) is 5.91 Å². The summed E-state index contributed by atoms with van der Waals surface area (Å²) in [6.07, 6.45) is -3.48. The molecule has 5 nitrogen and oxygen atoms in total. The molecule has 4 aromatic rings. The van der Waals surface area contributed by atoms with Gasteiger partial charge in [0.15, 0.2) is 5.13 Å². The first kappa shape index (κ1) is 22.3. The number of carbonyl (C=O) groups excluding carboxylic acids is 2. The van der Waals surface area contributed by atoms with Gasteiger partial charge in [0.05, 0.1) is 15.8 Å². The van der Waals surface area contributed by atoms with E-state index >= 15 is 0 Å². The normalized spacial score (nSPS) is 15.1. The monoisotopic (exact) mass is 483 g/mol. The second kappa shape index (κ2) is 8.72. The summed E-state index contributed by atoms with van der Waals surface area (Å²) in [6.45, 7) is 0.727. The first-order chi connectivity index (χ1) is 16.3. The van der Waals surface area contributed by atoms with E-state index in [4.69, 9.17) is 0 Å². The van der Waals surface area contributed by atoms with Crippen molar-refractivity contribution in [3.8, 4) is 0 Å². The lowest BCUT2D eigenvalue weighted by Gasteiger charge is -2.31. The minimum Gasteiger partial charge on any atom is -0.339 e. The Kier molecular flexibility index (Phi) is 5.73. The number of carbonyl (C=O) groups is 2. The zero-order valence-electron chi connectivity index (χ0n) is 17.9. The summed E-state index contributed by atoms with van der Waals surface area (Å²) in [6, 6.07) is 16.2. The van der Waals surface area contributed by atoms with Crippen LogP contribution >= 0.6 is 11.3 Å². The van der Waals surface area contributed by atoms with E-state index in [1.54, 1.807) is 4.90 Å². The Bertz CT molecular complexity index is 1370. The highest BCUT2D eigenvalue weighted by atomic mass is 32.1. The molecule has 1 fully saturated rings. The molecule has 2 heterocycles. The number of anilines is 1. The first-order valence-corrected chi connectivity index (χ1v) is 11.7. The molecule has 0 spiro atoms. The van der Waals surface area contributed by atoms with Crippen LogP contribution in [0.1, 0.15) is 28.8 Å². The quantitative estimate of drug-likeness (QED) is 0.391. The maximum atomic E-state index is 12.8. The van der Waals surface area contributed by atoms with Crippen molar-refractivity contribution in [2.75, 3.05) is 18.4 Å². The Labute approximate surface area is 197 Å². The summed E-state index contributed by atoms with van der Waals surface area (Å²) in [5, 5.41) is 5.58. The predicted octanol–water partition coefficient (Wildman–Crippen LogP) is 5.96. The van der Waals surface area contributed by atoms with Crippen LogP contribution in [0.4, 0.5) is 18.3 Å². The molecule has 0 saturated carbocycles. The molecule has 0 radical (unpaired) electrons. The highest BCUT2D eigenvalue weighted by Gasteiger charge is 2.31. The largest absolute Gasteiger partial charge is 0.416 e. The fourth-order valence-corrected chi connectivity index (χ4v) is 5.14. The molecule has 34 heavy (non-hydrogen) atoms. The lowest BCUT2D eigenvalue weighted by Crippen LogP contribution is -2.41. The number of likely N-dealkylation sites (tertiary alicyclic amines) is 1. The van der Waals surface area contributed by atoms with Crippen LogP contribution in [0.5, 0.6) is 0 Å². The molecule has 0 atom stereocenters. The SMILES string of the molecule is O=C(Nc1nc2c(ccc3ccccc32)s1)C1CCN(C(=O)c2ccc(C(F)(F)F)cc2)CC1. The number of fused-ring (bicyclic) bond motifs is 3. The summed E-state index contributed by atoms with van der Waals surface area (Å²) in [7, 11) is 0. The number of piperidine rings is 1. The lowest BCUT2D eigenvalue weighted by molar-refractivity contribution is -0.137. The van der Waals surface area contributed by atoms with Crippen molar-refractivity contribution in [2.45, 2.75) is 19.0 Å². The van der Waals surface area contributed by atoms with E-state index in [2.05, 4.69) is 10.3 Å². The third kappa shape index (κ3) is 4.35. The average molecular weight is 484 g/mol. The maximum Gasteiger partial charge on any atom is 0.416 e. The van der Waals surface area contributed by atoms with Crippen LogP contribution in [-0.2, 0) is 11.0 Å².